The normalized spacial score (nSPS) is 14.1. The third-order valence-corrected chi connectivity index (χ3v) is 1.84. The molecule has 0 saturated carbocycles. The monoisotopic (exact) mass is 207 g/mol. The lowest BCUT2D eigenvalue weighted by atomic mass is 10.0. The fraction of sp³-hybridized carbons (Fsp3) is 0.333. The molecule has 0 saturated heterocycles. The zero-order valence-corrected chi connectivity index (χ0v) is 7.40. The van der Waals surface area contributed by atoms with E-state index in [0.717, 1.165) is 12.1 Å². The largest absolute Gasteiger partial charge is 0.407 e. The average Bonchev–Trinajstić information content (AvgIpc) is 2.06. The van der Waals surface area contributed by atoms with E-state index in [1.54, 1.807) is 6.92 Å². The summed E-state index contributed by atoms with van der Waals surface area (Å²) in [5.74, 6) is -0.930. The first-order valence-electron chi connectivity index (χ1n) is 3.90. The molecule has 1 rings (SSSR count). The smallest absolute Gasteiger partial charge is 0.316 e. The molecular formula is C9H9F4N. The molecule has 0 radical (unpaired) electrons. The van der Waals surface area contributed by atoms with Crippen LogP contribution in [0.1, 0.15) is 17.2 Å². The summed E-state index contributed by atoms with van der Waals surface area (Å²) >= 11 is 0. The van der Waals surface area contributed by atoms with Crippen LogP contribution in [0, 0.1) is 12.7 Å². The molecule has 78 valence electrons. The SMILES string of the molecule is Cc1ccc(F)c([C@H](N)C(F)(F)F)c1. The first kappa shape index (κ1) is 11.0. The molecule has 1 aromatic rings. The number of rotatable bonds is 1. The first-order chi connectivity index (χ1) is 6.32. The van der Waals surface area contributed by atoms with Gasteiger partial charge in [0, 0.05) is 5.56 Å². The zero-order valence-electron chi connectivity index (χ0n) is 7.40. The Kier molecular flexibility index (Phi) is 2.80. The van der Waals surface area contributed by atoms with Crippen molar-refractivity contribution in [2.75, 3.05) is 0 Å². The summed E-state index contributed by atoms with van der Waals surface area (Å²) in [6, 6.07) is 1.22. The van der Waals surface area contributed by atoms with Gasteiger partial charge in [-0.3, -0.25) is 0 Å². The standard InChI is InChI=1S/C9H9F4N/c1-5-2-3-7(10)6(4-5)8(14)9(11,12)13/h2-4,8H,14H2,1H3/t8-/m0/s1. The lowest BCUT2D eigenvalue weighted by Crippen LogP contribution is -2.29. The molecule has 1 nitrogen and oxygen atoms in total. The van der Waals surface area contributed by atoms with Gasteiger partial charge in [-0.05, 0) is 13.0 Å². The highest BCUT2D eigenvalue weighted by Gasteiger charge is 2.39. The van der Waals surface area contributed by atoms with E-state index in [-0.39, 0.29) is 0 Å². The number of halogens is 4. The van der Waals surface area contributed by atoms with E-state index >= 15 is 0 Å². The predicted molar refractivity (Wildman–Crippen MR) is 44.1 cm³/mol. The number of hydrogen-bond donors (Lipinski definition) is 1. The third kappa shape index (κ3) is 2.23. The topological polar surface area (TPSA) is 26.0 Å². The van der Waals surface area contributed by atoms with Crippen LogP contribution in [0.4, 0.5) is 17.6 Å². The molecule has 0 fully saturated rings. The number of hydrogen-bond acceptors (Lipinski definition) is 1. The Morgan fingerprint density at radius 1 is 1.29 bits per heavy atom. The van der Waals surface area contributed by atoms with Crippen molar-refractivity contribution in [3.8, 4) is 0 Å². The summed E-state index contributed by atoms with van der Waals surface area (Å²) in [5, 5.41) is 0. The lowest BCUT2D eigenvalue weighted by molar-refractivity contribution is -0.149. The van der Waals surface area contributed by atoms with Crippen LogP contribution in [0.5, 0.6) is 0 Å². The van der Waals surface area contributed by atoms with E-state index in [2.05, 4.69) is 0 Å². The Hall–Kier alpha value is -1.10. The fourth-order valence-electron chi connectivity index (χ4n) is 1.08. The second-order valence-electron chi connectivity index (χ2n) is 3.04. The lowest BCUT2D eigenvalue weighted by Gasteiger charge is -2.16. The molecule has 5 heteroatoms. The van der Waals surface area contributed by atoms with Crippen LogP contribution in [-0.4, -0.2) is 6.18 Å². The Morgan fingerprint density at radius 3 is 2.36 bits per heavy atom. The minimum absolute atomic E-state index is 0.516. The van der Waals surface area contributed by atoms with Crippen molar-refractivity contribution in [1.82, 2.24) is 0 Å². The summed E-state index contributed by atoms with van der Waals surface area (Å²) in [7, 11) is 0. The molecule has 0 amide bonds. The van der Waals surface area contributed by atoms with Crippen molar-refractivity contribution in [3.63, 3.8) is 0 Å². The maximum absolute atomic E-state index is 13.0. The van der Waals surface area contributed by atoms with E-state index < -0.39 is 23.6 Å². The zero-order chi connectivity index (χ0) is 10.9. The quantitative estimate of drug-likeness (QED) is 0.704. The van der Waals surface area contributed by atoms with Crippen molar-refractivity contribution in [2.24, 2.45) is 5.73 Å². The van der Waals surface area contributed by atoms with Gasteiger partial charge in [0.15, 0.2) is 0 Å². The average molecular weight is 207 g/mol. The van der Waals surface area contributed by atoms with E-state index in [1.807, 2.05) is 0 Å². The summed E-state index contributed by atoms with van der Waals surface area (Å²) < 4.78 is 49.4. The van der Waals surface area contributed by atoms with Crippen molar-refractivity contribution >= 4 is 0 Å². The molecular weight excluding hydrogens is 198 g/mol. The molecule has 0 aromatic heterocycles. The minimum atomic E-state index is -4.62. The molecule has 0 aliphatic rings. The number of aryl methyl sites for hydroxylation is 1. The summed E-state index contributed by atoms with van der Waals surface area (Å²) in [5.41, 5.74) is 4.90. The highest BCUT2D eigenvalue weighted by molar-refractivity contribution is 5.27. The second-order valence-corrected chi connectivity index (χ2v) is 3.04. The molecule has 1 aromatic carbocycles. The van der Waals surface area contributed by atoms with E-state index in [4.69, 9.17) is 5.73 Å². The predicted octanol–water partition coefficient (Wildman–Crippen LogP) is 2.70. The highest BCUT2D eigenvalue weighted by atomic mass is 19.4. The molecule has 0 heterocycles. The van der Waals surface area contributed by atoms with Crippen LogP contribution in [0.25, 0.3) is 0 Å². The first-order valence-corrected chi connectivity index (χ1v) is 3.90. The molecule has 1 atom stereocenters. The van der Waals surface area contributed by atoms with Gasteiger partial charge in [0.25, 0.3) is 0 Å². The van der Waals surface area contributed by atoms with Gasteiger partial charge in [-0.15, -0.1) is 0 Å². The van der Waals surface area contributed by atoms with Gasteiger partial charge in [0.05, 0.1) is 0 Å². The third-order valence-electron chi connectivity index (χ3n) is 1.84. The molecule has 2 N–H and O–H groups in total. The van der Waals surface area contributed by atoms with Gasteiger partial charge in [0.1, 0.15) is 11.9 Å². The van der Waals surface area contributed by atoms with Crippen molar-refractivity contribution < 1.29 is 17.6 Å². The molecule has 0 spiro atoms. The van der Waals surface area contributed by atoms with Crippen LogP contribution in [0.15, 0.2) is 18.2 Å². The van der Waals surface area contributed by atoms with Crippen molar-refractivity contribution in [2.45, 2.75) is 19.1 Å². The van der Waals surface area contributed by atoms with E-state index in [1.165, 1.54) is 6.07 Å². The summed E-state index contributed by atoms with van der Waals surface area (Å²) in [6.07, 6.45) is -4.62. The number of alkyl halides is 3. The molecule has 0 unspecified atom stereocenters. The van der Waals surface area contributed by atoms with Crippen LogP contribution in [-0.2, 0) is 0 Å². The van der Waals surface area contributed by atoms with Crippen molar-refractivity contribution in [1.29, 1.82) is 0 Å². The van der Waals surface area contributed by atoms with Crippen LogP contribution in [0.3, 0.4) is 0 Å². The van der Waals surface area contributed by atoms with Gasteiger partial charge < -0.3 is 5.73 Å². The summed E-state index contributed by atoms with van der Waals surface area (Å²) in [6.45, 7) is 1.58. The van der Waals surface area contributed by atoms with E-state index in [0.29, 0.717) is 5.56 Å². The Balaban J connectivity index is 3.12. The van der Waals surface area contributed by atoms with Gasteiger partial charge in [-0.25, -0.2) is 4.39 Å². The van der Waals surface area contributed by atoms with E-state index in [9.17, 15) is 17.6 Å². The molecule has 0 bridgehead atoms. The van der Waals surface area contributed by atoms with Crippen molar-refractivity contribution in [3.05, 3.63) is 35.1 Å². The minimum Gasteiger partial charge on any atom is -0.316 e. The molecule has 14 heavy (non-hydrogen) atoms. The number of benzene rings is 1. The van der Waals surface area contributed by atoms with Gasteiger partial charge in [-0.2, -0.15) is 13.2 Å². The maximum atomic E-state index is 13.0. The van der Waals surface area contributed by atoms with Gasteiger partial charge in [-0.1, -0.05) is 17.7 Å². The maximum Gasteiger partial charge on any atom is 0.407 e. The second kappa shape index (κ2) is 3.57. The van der Waals surface area contributed by atoms with Crippen LogP contribution >= 0.6 is 0 Å². The molecule has 0 aliphatic carbocycles. The Morgan fingerprint density at radius 2 is 1.86 bits per heavy atom. The summed E-state index contributed by atoms with van der Waals surface area (Å²) in [4.78, 5) is 0. The van der Waals surface area contributed by atoms with Gasteiger partial charge in [0.2, 0.25) is 0 Å². The Labute approximate surface area is 78.5 Å². The van der Waals surface area contributed by atoms with Crippen LogP contribution < -0.4 is 5.73 Å². The van der Waals surface area contributed by atoms with Crippen LogP contribution in [0.2, 0.25) is 0 Å². The van der Waals surface area contributed by atoms with Gasteiger partial charge >= 0.3 is 6.18 Å². The highest BCUT2D eigenvalue weighted by Crippen LogP contribution is 2.31. The fourth-order valence-corrected chi connectivity index (χ4v) is 1.08. The molecule has 0 aliphatic heterocycles. The number of nitrogens with two attached hydrogens (primary N) is 1. The Bertz CT molecular complexity index is 332.